The Balaban J connectivity index is 1.98. The van der Waals surface area contributed by atoms with Crippen LogP contribution in [0.15, 0.2) is 78.3 Å². The number of rotatable bonds is 5. The summed E-state index contributed by atoms with van der Waals surface area (Å²) in [4.78, 5) is 11.8. The molecule has 0 saturated heterocycles. The molecule has 0 atom stereocenters. The maximum Gasteiger partial charge on any atom is 0.270 e. The van der Waals surface area contributed by atoms with Gasteiger partial charge in [0.25, 0.3) is 10.0 Å². The van der Waals surface area contributed by atoms with Crippen molar-refractivity contribution in [2.24, 2.45) is 0 Å². The SMILES string of the molecule is COc1cccc(F)c1N(c1ccncn1)S(=O)(=O)c1ccc2cnccc2c1. The van der Waals surface area contributed by atoms with Gasteiger partial charge < -0.3 is 4.74 Å². The van der Waals surface area contributed by atoms with Crippen molar-refractivity contribution in [3.8, 4) is 5.75 Å². The highest BCUT2D eigenvalue weighted by Gasteiger charge is 2.32. The molecule has 0 bridgehead atoms. The van der Waals surface area contributed by atoms with Gasteiger partial charge in [0, 0.05) is 30.0 Å². The van der Waals surface area contributed by atoms with Gasteiger partial charge in [-0.25, -0.2) is 27.1 Å². The Morgan fingerprint density at radius 3 is 2.59 bits per heavy atom. The summed E-state index contributed by atoms with van der Waals surface area (Å²) < 4.78 is 48.1. The van der Waals surface area contributed by atoms with Crippen LogP contribution >= 0.6 is 0 Å². The maximum absolute atomic E-state index is 14.8. The van der Waals surface area contributed by atoms with Gasteiger partial charge in [-0.05, 0) is 35.7 Å². The van der Waals surface area contributed by atoms with Crippen LogP contribution in [-0.4, -0.2) is 30.5 Å². The molecule has 4 aromatic rings. The third kappa shape index (κ3) is 3.36. The lowest BCUT2D eigenvalue weighted by Crippen LogP contribution is -2.28. The van der Waals surface area contributed by atoms with Gasteiger partial charge >= 0.3 is 0 Å². The van der Waals surface area contributed by atoms with Crippen molar-refractivity contribution in [1.82, 2.24) is 15.0 Å². The van der Waals surface area contributed by atoms with E-state index in [2.05, 4.69) is 15.0 Å². The zero-order valence-corrected chi connectivity index (χ0v) is 16.0. The van der Waals surface area contributed by atoms with E-state index in [1.54, 1.807) is 24.5 Å². The van der Waals surface area contributed by atoms with Crippen LogP contribution in [0.5, 0.6) is 5.75 Å². The third-order valence-electron chi connectivity index (χ3n) is 4.30. The van der Waals surface area contributed by atoms with Gasteiger partial charge in [0.2, 0.25) is 0 Å². The highest BCUT2D eigenvalue weighted by Crippen LogP contribution is 2.39. The topological polar surface area (TPSA) is 85.3 Å². The lowest BCUT2D eigenvalue weighted by atomic mass is 10.2. The van der Waals surface area contributed by atoms with E-state index in [9.17, 15) is 12.8 Å². The van der Waals surface area contributed by atoms with Crippen molar-refractivity contribution in [2.45, 2.75) is 4.90 Å². The Bertz CT molecular complexity index is 1280. The molecule has 2 heterocycles. The first-order valence-electron chi connectivity index (χ1n) is 8.50. The van der Waals surface area contributed by atoms with Crippen LogP contribution in [0.2, 0.25) is 0 Å². The van der Waals surface area contributed by atoms with E-state index in [1.165, 1.54) is 50.0 Å². The summed E-state index contributed by atoms with van der Waals surface area (Å²) >= 11 is 0. The number of halogens is 1. The summed E-state index contributed by atoms with van der Waals surface area (Å²) in [6, 6.07) is 11.8. The Morgan fingerprint density at radius 2 is 1.83 bits per heavy atom. The second-order valence-corrected chi connectivity index (χ2v) is 7.80. The summed E-state index contributed by atoms with van der Waals surface area (Å²) in [5.41, 5.74) is -0.261. The summed E-state index contributed by atoms with van der Waals surface area (Å²) in [5.74, 6) is -0.730. The molecule has 29 heavy (non-hydrogen) atoms. The fraction of sp³-hybridized carbons (Fsp3) is 0.0500. The lowest BCUT2D eigenvalue weighted by Gasteiger charge is -2.25. The number of anilines is 2. The Kier molecular flexibility index (Phi) is 4.81. The predicted molar refractivity (Wildman–Crippen MR) is 106 cm³/mol. The number of benzene rings is 2. The number of hydrogen-bond acceptors (Lipinski definition) is 6. The molecular weight excluding hydrogens is 395 g/mol. The van der Waals surface area contributed by atoms with Gasteiger partial charge in [0.05, 0.1) is 12.0 Å². The molecular formula is C20H15FN4O3S. The van der Waals surface area contributed by atoms with Gasteiger partial charge in [-0.2, -0.15) is 0 Å². The molecule has 4 rings (SSSR count). The number of aromatic nitrogens is 3. The highest BCUT2D eigenvalue weighted by atomic mass is 32.2. The summed E-state index contributed by atoms with van der Waals surface area (Å²) in [7, 11) is -2.91. The molecule has 146 valence electrons. The molecule has 0 radical (unpaired) electrons. The first kappa shape index (κ1) is 18.8. The molecule has 0 saturated carbocycles. The van der Waals surface area contributed by atoms with Gasteiger partial charge in [0.1, 0.15) is 17.8 Å². The van der Waals surface area contributed by atoms with Crippen molar-refractivity contribution < 1.29 is 17.5 Å². The standard InChI is InChI=1S/C20H15FN4O3S/c1-28-18-4-2-3-17(21)20(18)25(19-8-10-23-13-24-19)29(26,27)16-6-5-15-12-22-9-7-14(15)11-16/h2-13H,1H3. The molecule has 7 nitrogen and oxygen atoms in total. The van der Waals surface area contributed by atoms with Crippen LogP contribution < -0.4 is 9.04 Å². The van der Waals surface area contributed by atoms with E-state index in [-0.39, 0.29) is 22.2 Å². The maximum atomic E-state index is 14.8. The molecule has 0 aliphatic rings. The van der Waals surface area contributed by atoms with E-state index in [0.29, 0.717) is 5.39 Å². The zero-order chi connectivity index (χ0) is 20.4. The van der Waals surface area contributed by atoms with Crippen molar-refractivity contribution in [1.29, 1.82) is 0 Å². The van der Waals surface area contributed by atoms with E-state index in [0.717, 1.165) is 15.8 Å². The molecule has 0 unspecified atom stereocenters. The number of para-hydroxylation sites is 1. The van der Waals surface area contributed by atoms with Crippen LogP contribution in [-0.2, 0) is 10.0 Å². The summed E-state index contributed by atoms with van der Waals surface area (Å²) in [6.07, 6.45) is 5.77. The minimum atomic E-state index is -4.25. The normalized spacial score (nSPS) is 11.4. The second kappa shape index (κ2) is 7.44. The van der Waals surface area contributed by atoms with Crippen molar-refractivity contribution in [2.75, 3.05) is 11.4 Å². The van der Waals surface area contributed by atoms with Gasteiger partial charge in [-0.15, -0.1) is 0 Å². The first-order valence-corrected chi connectivity index (χ1v) is 9.94. The average Bonchev–Trinajstić information content (AvgIpc) is 2.75. The minimum Gasteiger partial charge on any atom is -0.494 e. The summed E-state index contributed by atoms with van der Waals surface area (Å²) in [6.45, 7) is 0. The molecule has 0 spiro atoms. The molecule has 0 amide bonds. The zero-order valence-electron chi connectivity index (χ0n) is 15.2. The Hall–Kier alpha value is -3.59. The quantitative estimate of drug-likeness (QED) is 0.499. The van der Waals surface area contributed by atoms with Crippen LogP contribution in [0.1, 0.15) is 0 Å². The third-order valence-corrected chi connectivity index (χ3v) is 6.00. The number of ether oxygens (including phenoxy) is 1. The average molecular weight is 410 g/mol. The first-order chi connectivity index (χ1) is 14.0. The molecule has 0 aliphatic heterocycles. The number of sulfonamides is 1. The van der Waals surface area contributed by atoms with E-state index < -0.39 is 15.8 Å². The fourth-order valence-electron chi connectivity index (χ4n) is 2.95. The van der Waals surface area contributed by atoms with Crippen LogP contribution in [0, 0.1) is 5.82 Å². The van der Waals surface area contributed by atoms with Crippen molar-refractivity contribution in [3.05, 3.63) is 79.3 Å². The van der Waals surface area contributed by atoms with Crippen LogP contribution in [0.3, 0.4) is 0 Å². The predicted octanol–water partition coefficient (Wildman–Crippen LogP) is 3.70. The Labute approximate surface area is 166 Å². The molecule has 2 aromatic carbocycles. The molecule has 0 fully saturated rings. The Morgan fingerprint density at radius 1 is 1.00 bits per heavy atom. The monoisotopic (exact) mass is 410 g/mol. The molecule has 9 heteroatoms. The van der Waals surface area contributed by atoms with Gasteiger partial charge in [-0.3, -0.25) is 4.98 Å². The van der Waals surface area contributed by atoms with Gasteiger partial charge in [0.15, 0.2) is 11.6 Å². The molecule has 2 aromatic heterocycles. The van der Waals surface area contributed by atoms with Crippen LogP contribution in [0.25, 0.3) is 10.8 Å². The number of pyridine rings is 1. The largest absolute Gasteiger partial charge is 0.494 e. The lowest BCUT2D eigenvalue weighted by molar-refractivity contribution is 0.413. The smallest absolute Gasteiger partial charge is 0.270 e. The van der Waals surface area contributed by atoms with E-state index in [4.69, 9.17) is 4.74 Å². The number of nitrogens with zero attached hydrogens (tertiary/aromatic N) is 4. The van der Waals surface area contributed by atoms with Gasteiger partial charge in [-0.1, -0.05) is 12.1 Å². The molecule has 0 aliphatic carbocycles. The molecule has 0 N–H and O–H groups in total. The second-order valence-electron chi connectivity index (χ2n) is 6.01. The number of methoxy groups -OCH3 is 1. The number of fused-ring (bicyclic) bond motifs is 1. The highest BCUT2D eigenvalue weighted by molar-refractivity contribution is 7.93. The van der Waals surface area contributed by atoms with Crippen LogP contribution in [0.4, 0.5) is 15.9 Å². The van der Waals surface area contributed by atoms with E-state index >= 15 is 0 Å². The van der Waals surface area contributed by atoms with Crippen molar-refractivity contribution >= 4 is 32.3 Å². The number of hydrogen-bond donors (Lipinski definition) is 0. The van der Waals surface area contributed by atoms with E-state index in [1.807, 2.05) is 0 Å². The summed E-state index contributed by atoms with van der Waals surface area (Å²) in [5, 5.41) is 1.47. The fourth-order valence-corrected chi connectivity index (χ4v) is 4.44. The van der Waals surface area contributed by atoms with Crippen molar-refractivity contribution in [3.63, 3.8) is 0 Å². The minimum absolute atomic E-state index is 0.0155.